The Bertz CT molecular complexity index is 2050. The van der Waals surface area contributed by atoms with Crippen LogP contribution in [-0.2, 0) is 6.54 Å². The van der Waals surface area contributed by atoms with Gasteiger partial charge in [-0.2, -0.15) is 5.26 Å². The number of nitriles is 1. The van der Waals surface area contributed by atoms with Gasteiger partial charge in [-0.05, 0) is 73.0 Å². The molecule has 0 amide bonds. The fraction of sp³-hybridized carbons (Fsp3) is 0.250. The van der Waals surface area contributed by atoms with Gasteiger partial charge in [0.15, 0.2) is 11.5 Å². The van der Waals surface area contributed by atoms with Crippen molar-refractivity contribution in [3.05, 3.63) is 96.7 Å². The molecule has 0 unspecified atom stereocenters. The molecule has 7 rings (SSSR count). The predicted octanol–water partition coefficient (Wildman–Crippen LogP) is 6.20. The van der Waals surface area contributed by atoms with Gasteiger partial charge in [0.25, 0.3) is 0 Å². The van der Waals surface area contributed by atoms with E-state index in [1.54, 1.807) is 30.6 Å². The quantitative estimate of drug-likeness (QED) is 0.183. The number of pyridine rings is 3. The van der Waals surface area contributed by atoms with Crippen LogP contribution < -0.4 is 15.8 Å². The molecule has 5 aromatic heterocycles. The number of anilines is 2. The molecular weight excluding hydrogens is 621 g/mol. The Hall–Kier alpha value is -6.00. The van der Waals surface area contributed by atoms with E-state index in [0.717, 1.165) is 38.2 Å². The number of fused-ring (bicyclic) bond motifs is 1. The van der Waals surface area contributed by atoms with Crippen LogP contribution >= 0.6 is 0 Å². The number of rotatable bonds is 9. The number of aromatic nitrogens is 7. The molecule has 6 aromatic rings. The van der Waals surface area contributed by atoms with Crippen LogP contribution in [0.5, 0.6) is 5.75 Å². The highest BCUT2D eigenvalue weighted by molar-refractivity contribution is 5.84. The maximum Gasteiger partial charge on any atom is 0.234 e. The van der Waals surface area contributed by atoms with Gasteiger partial charge in [0.05, 0.1) is 23.1 Å². The van der Waals surface area contributed by atoms with Crippen LogP contribution in [0.25, 0.3) is 39.6 Å². The number of imidazole rings is 1. The monoisotopic (exact) mass is 657 g/mol. The summed E-state index contributed by atoms with van der Waals surface area (Å²) in [5.41, 5.74) is 11.7. The molecule has 248 valence electrons. The molecule has 0 atom stereocenters. The fourth-order valence-corrected chi connectivity index (χ4v) is 5.76. The van der Waals surface area contributed by atoms with E-state index >= 15 is 0 Å². The zero-order chi connectivity index (χ0) is 34.2. The van der Waals surface area contributed by atoms with E-state index in [-0.39, 0.29) is 11.9 Å². The van der Waals surface area contributed by atoms with Crippen LogP contribution in [0.15, 0.2) is 85.3 Å². The lowest BCUT2D eigenvalue weighted by Crippen LogP contribution is -2.38. The molecular formula is C36H36FN11O. The van der Waals surface area contributed by atoms with Gasteiger partial charge in [-0.15, -0.1) is 0 Å². The smallest absolute Gasteiger partial charge is 0.234 e. The van der Waals surface area contributed by atoms with Gasteiger partial charge >= 0.3 is 0 Å². The molecule has 0 bridgehead atoms. The van der Waals surface area contributed by atoms with Gasteiger partial charge in [0, 0.05) is 43.8 Å². The zero-order valence-corrected chi connectivity index (χ0v) is 27.3. The molecule has 0 aliphatic carbocycles. The Kier molecular flexibility index (Phi) is 10.3. The van der Waals surface area contributed by atoms with Crippen LogP contribution in [0.1, 0.15) is 38.1 Å². The van der Waals surface area contributed by atoms with Crippen LogP contribution in [0.3, 0.4) is 0 Å². The van der Waals surface area contributed by atoms with Gasteiger partial charge in [-0.25, -0.2) is 29.3 Å². The highest BCUT2D eigenvalue weighted by Crippen LogP contribution is 2.32. The highest BCUT2D eigenvalue weighted by Gasteiger charge is 2.21. The summed E-state index contributed by atoms with van der Waals surface area (Å²) in [4.78, 5) is 29.2. The van der Waals surface area contributed by atoms with Crippen molar-refractivity contribution in [2.45, 2.75) is 39.3 Å². The average Bonchev–Trinajstić information content (AvgIpc) is 3.53. The van der Waals surface area contributed by atoms with E-state index in [1.165, 1.54) is 11.8 Å². The van der Waals surface area contributed by atoms with E-state index in [9.17, 15) is 4.39 Å². The highest BCUT2D eigenvalue weighted by atomic mass is 19.1. The summed E-state index contributed by atoms with van der Waals surface area (Å²) in [6.45, 7) is 5.78. The fourth-order valence-electron chi connectivity index (χ4n) is 5.76. The first kappa shape index (κ1) is 32.9. The average molecular weight is 658 g/mol. The second kappa shape index (κ2) is 15.3. The summed E-state index contributed by atoms with van der Waals surface area (Å²) in [7, 11) is 0. The summed E-state index contributed by atoms with van der Waals surface area (Å²) >= 11 is 0. The Morgan fingerprint density at radius 2 is 1.71 bits per heavy atom. The maximum atomic E-state index is 12.6. The summed E-state index contributed by atoms with van der Waals surface area (Å²) in [5, 5.41) is 12.5. The van der Waals surface area contributed by atoms with Crippen LogP contribution in [0.2, 0.25) is 0 Å². The van der Waals surface area contributed by atoms with Crippen molar-refractivity contribution >= 4 is 22.8 Å². The third kappa shape index (κ3) is 7.45. The lowest BCUT2D eigenvalue weighted by Gasteiger charge is -2.32. The molecule has 13 heteroatoms. The Labute approximate surface area is 283 Å². The molecule has 1 saturated heterocycles. The van der Waals surface area contributed by atoms with Crippen molar-refractivity contribution in [3.8, 4) is 40.3 Å². The van der Waals surface area contributed by atoms with Gasteiger partial charge in [0.1, 0.15) is 29.0 Å². The van der Waals surface area contributed by atoms with Crippen molar-refractivity contribution in [1.29, 1.82) is 5.26 Å². The van der Waals surface area contributed by atoms with E-state index in [0.29, 0.717) is 51.3 Å². The van der Waals surface area contributed by atoms with E-state index in [4.69, 9.17) is 25.7 Å². The third-order valence-corrected chi connectivity index (χ3v) is 8.10. The summed E-state index contributed by atoms with van der Waals surface area (Å²) in [5.74, 6) is 2.19. The van der Waals surface area contributed by atoms with Gasteiger partial charge in [-0.1, -0.05) is 26.0 Å². The number of likely N-dealkylation sites (tertiary alicyclic amines) is 1. The number of nitrogens with zero attached hydrogens (tertiary/aromatic N) is 9. The first-order valence-electron chi connectivity index (χ1n) is 16.1. The standard InChI is InChI=1S/C34H30FN11O.C2H6/c35-21-47-25-7-8-27(40-19-25)28-9-10-29-34(42-28)46(33(43-29)26-2-1-14-39-32(26)37)24-5-3-22(4-6-24)20-45-16-12-23(13-17-45)41-30-11-15-38-31(18-36)44-30;1-2/h1-11,14-15,19,23H,12-13,16-17,20-21H2,(H2,37,39)(H,38,41,44);1-2H3. The van der Waals surface area contributed by atoms with Crippen LogP contribution in [-0.4, -0.2) is 65.4 Å². The van der Waals surface area contributed by atoms with Gasteiger partial charge < -0.3 is 15.8 Å². The number of hydrogen-bond donors (Lipinski definition) is 2. The van der Waals surface area contributed by atoms with Crippen molar-refractivity contribution in [1.82, 2.24) is 39.4 Å². The van der Waals surface area contributed by atoms with E-state index < -0.39 is 6.86 Å². The number of hydrogen-bond acceptors (Lipinski definition) is 11. The number of alkyl halides is 1. The van der Waals surface area contributed by atoms with Crippen LogP contribution in [0, 0.1) is 11.3 Å². The SMILES string of the molecule is CC.N#Cc1nccc(NC2CCN(Cc3ccc(-n4c(-c5cccnc5N)nc5ccc(-c6ccc(OCF)cn6)nc54)cc3)CC2)n1. The summed E-state index contributed by atoms with van der Waals surface area (Å²) in [6.07, 6.45) is 6.66. The largest absolute Gasteiger partial charge is 0.461 e. The van der Waals surface area contributed by atoms with Crippen molar-refractivity contribution in [2.24, 2.45) is 0 Å². The Morgan fingerprint density at radius 3 is 2.43 bits per heavy atom. The molecule has 1 aromatic carbocycles. The molecule has 0 spiro atoms. The Balaban J connectivity index is 0.00000205. The Morgan fingerprint density at radius 1 is 0.918 bits per heavy atom. The first-order chi connectivity index (χ1) is 24.1. The summed E-state index contributed by atoms with van der Waals surface area (Å²) in [6, 6.07) is 23.3. The third-order valence-electron chi connectivity index (χ3n) is 8.10. The molecule has 1 aliphatic heterocycles. The number of nitrogens with one attached hydrogen (secondary N) is 1. The molecule has 12 nitrogen and oxygen atoms in total. The van der Waals surface area contributed by atoms with E-state index in [2.05, 4.69) is 54.4 Å². The minimum absolute atomic E-state index is 0.167. The number of ether oxygens (including phenoxy) is 1. The molecule has 1 fully saturated rings. The number of piperidine rings is 1. The minimum Gasteiger partial charge on any atom is -0.461 e. The van der Waals surface area contributed by atoms with E-state index in [1.807, 2.05) is 48.7 Å². The normalized spacial score (nSPS) is 13.3. The van der Waals surface area contributed by atoms with Crippen molar-refractivity contribution < 1.29 is 9.13 Å². The molecule has 6 heterocycles. The van der Waals surface area contributed by atoms with Crippen molar-refractivity contribution in [3.63, 3.8) is 0 Å². The lowest BCUT2D eigenvalue weighted by atomic mass is 10.0. The molecule has 1 aliphatic rings. The summed E-state index contributed by atoms with van der Waals surface area (Å²) < 4.78 is 19.5. The van der Waals surface area contributed by atoms with Crippen LogP contribution in [0.4, 0.5) is 16.0 Å². The second-order valence-corrected chi connectivity index (χ2v) is 11.1. The molecule has 49 heavy (non-hydrogen) atoms. The first-order valence-corrected chi connectivity index (χ1v) is 16.1. The second-order valence-electron chi connectivity index (χ2n) is 11.1. The van der Waals surface area contributed by atoms with Crippen molar-refractivity contribution in [2.75, 3.05) is 31.0 Å². The zero-order valence-electron chi connectivity index (χ0n) is 27.3. The number of nitrogen functional groups attached to an aromatic ring is 1. The molecule has 0 radical (unpaired) electrons. The number of halogens is 1. The number of nitrogens with two attached hydrogens (primary N) is 1. The van der Waals surface area contributed by atoms with Gasteiger partial charge in [-0.3, -0.25) is 14.5 Å². The molecule has 0 saturated carbocycles. The van der Waals surface area contributed by atoms with Gasteiger partial charge in [0.2, 0.25) is 12.7 Å². The minimum atomic E-state index is -0.921. The lowest BCUT2D eigenvalue weighted by molar-refractivity contribution is 0.191. The predicted molar refractivity (Wildman–Crippen MR) is 186 cm³/mol. The topological polar surface area (TPSA) is 157 Å². The molecule has 3 N–H and O–H groups in total. The maximum absolute atomic E-state index is 12.6. The number of benzene rings is 1.